The summed E-state index contributed by atoms with van der Waals surface area (Å²) in [5.41, 5.74) is 0.683. The third kappa shape index (κ3) is 7.28. The summed E-state index contributed by atoms with van der Waals surface area (Å²) in [6.07, 6.45) is -8.03. The number of piperazine rings is 1. The van der Waals surface area contributed by atoms with Gasteiger partial charge in [0.2, 0.25) is 0 Å². The smallest absolute Gasteiger partial charge is 0.475 e. The highest BCUT2D eigenvalue weighted by Gasteiger charge is 2.38. The van der Waals surface area contributed by atoms with E-state index in [0.29, 0.717) is 17.5 Å². The Morgan fingerprint density at radius 1 is 1.15 bits per heavy atom. The molecular weight excluding hydrogens is 474 g/mol. The van der Waals surface area contributed by atoms with Gasteiger partial charge in [-0.25, -0.2) is 4.79 Å². The van der Waals surface area contributed by atoms with Crippen LogP contribution in [0.3, 0.4) is 0 Å². The Morgan fingerprint density at radius 3 is 2.29 bits per heavy atom. The summed E-state index contributed by atoms with van der Waals surface area (Å²) < 4.78 is 70.5. The van der Waals surface area contributed by atoms with E-state index in [-0.39, 0.29) is 11.6 Å². The van der Waals surface area contributed by atoms with Gasteiger partial charge < -0.3 is 15.3 Å². The van der Waals surface area contributed by atoms with Gasteiger partial charge in [0.1, 0.15) is 6.54 Å². The minimum Gasteiger partial charge on any atom is -0.475 e. The van der Waals surface area contributed by atoms with E-state index >= 15 is 0 Å². The second-order valence-corrected chi connectivity index (χ2v) is 7.91. The lowest BCUT2D eigenvalue weighted by molar-refractivity contribution is -0.192. The van der Waals surface area contributed by atoms with E-state index in [1.807, 2.05) is 12.4 Å². The molecule has 1 saturated heterocycles. The van der Waals surface area contributed by atoms with Gasteiger partial charge >= 0.3 is 18.3 Å². The first-order valence-electron chi connectivity index (χ1n) is 10.0. The van der Waals surface area contributed by atoms with Crippen LogP contribution < -0.4 is 5.32 Å². The molecule has 2 aromatic heterocycles. The van der Waals surface area contributed by atoms with Crippen LogP contribution in [0.4, 0.5) is 26.3 Å². The molecule has 1 unspecified atom stereocenters. The summed E-state index contributed by atoms with van der Waals surface area (Å²) >= 11 is 0. The standard InChI is InChI=1S/C17H23F3N6O.C2HF3O2/c1-11(2)25-7-6-24(3)9-13(25)15-23-22-14-5-4-12(8-26(14)15)16(27)21-10-17(18,19)20;3-2(4,5)1(6)7/h4-5,8,11,13H,6-7,9-10H2,1-3H3,(H,21,27);(H,6,7). The highest BCUT2D eigenvalue weighted by Crippen LogP contribution is 2.26. The minimum atomic E-state index is -5.08. The van der Waals surface area contributed by atoms with Crippen LogP contribution in [0.5, 0.6) is 0 Å². The molecule has 0 spiro atoms. The van der Waals surface area contributed by atoms with Gasteiger partial charge in [0.15, 0.2) is 11.5 Å². The number of hydrogen-bond acceptors (Lipinski definition) is 6. The average molecular weight is 498 g/mol. The molecule has 0 aliphatic carbocycles. The maximum Gasteiger partial charge on any atom is 0.490 e. The van der Waals surface area contributed by atoms with E-state index in [1.54, 1.807) is 10.5 Å². The highest BCUT2D eigenvalue weighted by atomic mass is 19.4. The number of nitrogens with zero attached hydrogens (tertiary/aromatic N) is 5. The zero-order valence-electron chi connectivity index (χ0n) is 18.5. The molecule has 0 saturated carbocycles. The number of hydrogen-bond donors (Lipinski definition) is 2. The maximum absolute atomic E-state index is 12.3. The number of carbonyl (C=O) groups is 2. The van der Waals surface area contributed by atoms with Crippen molar-refractivity contribution in [3.63, 3.8) is 0 Å². The van der Waals surface area contributed by atoms with Gasteiger partial charge in [-0.1, -0.05) is 0 Å². The minimum absolute atomic E-state index is 0.0211. The van der Waals surface area contributed by atoms with Crippen molar-refractivity contribution in [1.29, 1.82) is 0 Å². The normalized spacial score (nSPS) is 18.0. The number of alkyl halides is 6. The summed E-state index contributed by atoms with van der Waals surface area (Å²) in [6, 6.07) is 3.32. The largest absolute Gasteiger partial charge is 0.490 e. The maximum atomic E-state index is 12.3. The fraction of sp³-hybridized carbons (Fsp3) is 0.579. The quantitative estimate of drug-likeness (QED) is 0.624. The number of nitrogens with one attached hydrogen (secondary N) is 1. The summed E-state index contributed by atoms with van der Waals surface area (Å²) in [5.74, 6) is -2.86. The first kappa shape index (κ1) is 27.3. The number of rotatable bonds is 4. The molecule has 3 rings (SSSR count). The topological polar surface area (TPSA) is 103 Å². The molecule has 0 bridgehead atoms. The van der Waals surface area contributed by atoms with Crippen LogP contribution in [0.15, 0.2) is 18.3 Å². The number of carboxylic acid groups (broad SMARTS) is 1. The van der Waals surface area contributed by atoms with Gasteiger partial charge in [-0.15, -0.1) is 10.2 Å². The fourth-order valence-electron chi connectivity index (χ4n) is 3.33. The molecule has 1 amide bonds. The van der Waals surface area contributed by atoms with Crippen LogP contribution in [-0.2, 0) is 4.79 Å². The Hall–Kier alpha value is -2.94. The van der Waals surface area contributed by atoms with E-state index < -0.39 is 30.8 Å². The van der Waals surface area contributed by atoms with Crippen molar-refractivity contribution in [3.8, 4) is 0 Å². The predicted molar refractivity (Wildman–Crippen MR) is 107 cm³/mol. The molecule has 190 valence electrons. The van der Waals surface area contributed by atoms with E-state index in [1.165, 1.54) is 12.3 Å². The van der Waals surface area contributed by atoms with Crippen molar-refractivity contribution >= 4 is 17.5 Å². The monoisotopic (exact) mass is 498 g/mol. The molecule has 0 aromatic carbocycles. The van der Waals surface area contributed by atoms with E-state index in [0.717, 1.165) is 19.6 Å². The van der Waals surface area contributed by atoms with E-state index in [9.17, 15) is 31.1 Å². The van der Waals surface area contributed by atoms with Crippen LogP contribution in [0.2, 0.25) is 0 Å². The zero-order valence-corrected chi connectivity index (χ0v) is 18.5. The Morgan fingerprint density at radius 2 is 1.76 bits per heavy atom. The fourth-order valence-corrected chi connectivity index (χ4v) is 3.33. The third-order valence-corrected chi connectivity index (χ3v) is 4.97. The Bertz CT molecular complexity index is 1010. The Labute approximate surface area is 190 Å². The van der Waals surface area contributed by atoms with Gasteiger partial charge in [-0.05, 0) is 33.0 Å². The van der Waals surface area contributed by atoms with Crippen molar-refractivity contribution in [2.24, 2.45) is 0 Å². The van der Waals surface area contributed by atoms with Crippen molar-refractivity contribution in [3.05, 3.63) is 29.7 Å². The van der Waals surface area contributed by atoms with Crippen LogP contribution in [0.25, 0.3) is 5.65 Å². The summed E-state index contributed by atoms with van der Waals surface area (Å²) in [4.78, 5) is 25.5. The SMILES string of the molecule is CC(C)N1CCN(C)CC1c1nnc2ccc(C(=O)NCC(F)(F)F)cn12.O=C(O)C(F)(F)F. The Kier molecular flexibility index (Phi) is 8.47. The lowest BCUT2D eigenvalue weighted by Crippen LogP contribution is -2.50. The molecule has 3 heterocycles. The number of carbonyl (C=O) groups excluding carboxylic acids is 1. The van der Waals surface area contributed by atoms with Crippen LogP contribution in [-0.4, -0.2) is 93.0 Å². The number of halogens is 6. The predicted octanol–water partition coefficient (Wildman–Crippen LogP) is 2.35. The summed E-state index contributed by atoms with van der Waals surface area (Å²) in [5, 5.41) is 17.5. The molecule has 1 fully saturated rings. The van der Waals surface area contributed by atoms with E-state index in [2.05, 4.69) is 33.8 Å². The number of amides is 1. The molecule has 1 aliphatic rings. The molecular formula is C19H24F6N6O3. The molecule has 15 heteroatoms. The number of aliphatic carboxylic acids is 1. The van der Waals surface area contributed by atoms with Crippen LogP contribution in [0, 0.1) is 0 Å². The lowest BCUT2D eigenvalue weighted by Gasteiger charge is -2.41. The average Bonchev–Trinajstić information content (AvgIpc) is 3.14. The molecule has 2 aromatic rings. The number of aromatic nitrogens is 3. The van der Waals surface area contributed by atoms with Crippen molar-refractivity contribution in [1.82, 2.24) is 29.7 Å². The van der Waals surface area contributed by atoms with Gasteiger partial charge in [-0.2, -0.15) is 26.3 Å². The second-order valence-electron chi connectivity index (χ2n) is 7.91. The van der Waals surface area contributed by atoms with Crippen LogP contribution >= 0.6 is 0 Å². The second kappa shape index (κ2) is 10.5. The number of fused-ring (bicyclic) bond motifs is 1. The van der Waals surface area contributed by atoms with Crippen molar-refractivity contribution in [2.75, 3.05) is 33.2 Å². The first-order chi connectivity index (χ1) is 15.6. The summed E-state index contributed by atoms with van der Waals surface area (Å²) in [7, 11) is 2.03. The number of likely N-dealkylation sites (N-methyl/N-ethyl adjacent to an activating group) is 1. The summed E-state index contributed by atoms with van der Waals surface area (Å²) in [6.45, 7) is 5.42. The molecule has 2 N–H and O–H groups in total. The highest BCUT2D eigenvalue weighted by molar-refractivity contribution is 5.94. The molecule has 34 heavy (non-hydrogen) atoms. The van der Waals surface area contributed by atoms with Gasteiger partial charge in [0.25, 0.3) is 5.91 Å². The van der Waals surface area contributed by atoms with E-state index in [4.69, 9.17) is 9.90 Å². The number of carboxylic acids is 1. The zero-order chi connectivity index (χ0) is 25.8. The molecule has 1 aliphatic heterocycles. The van der Waals surface area contributed by atoms with Crippen molar-refractivity contribution < 1.29 is 41.0 Å². The number of pyridine rings is 1. The third-order valence-electron chi connectivity index (χ3n) is 4.97. The first-order valence-corrected chi connectivity index (χ1v) is 10.0. The molecule has 0 radical (unpaired) electrons. The van der Waals surface area contributed by atoms with Gasteiger partial charge in [-0.3, -0.25) is 14.1 Å². The van der Waals surface area contributed by atoms with Crippen LogP contribution in [0.1, 0.15) is 36.1 Å². The molecule has 1 atom stereocenters. The lowest BCUT2D eigenvalue weighted by atomic mass is 10.1. The Balaban J connectivity index is 0.000000509. The molecule has 9 nitrogen and oxygen atoms in total. The van der Waals surface area contributed by atoms with Crippen molar-refractivity contribution in [2.45, 2.75) is 38.3 Å². The van der Waals surface area contributed by atoms with Gasteiger partial charge in [0.05, 0.1) is 11.6 Å². The van der Waals surface area contributed by atoms with Gasteiger partial charge in [0, 0.05) is 31.9 Å².